The molecule has 1 aromatic carbocycles. The minimum absolute atomic E-state index is 0.0118. The number of carboxylic acid groups (broad SMARTS) is 1. The van der Waals surface area contributed by atoms with Crippen molar-refractivity contribution in [3.8, 4) is 0 Å². The number of benzene rings is 1. The number of carboxylic acids is 1. The van der Waals surface area contributed by atoms with Crippen molar-refractivity contribution in [3.63, 3.8) is 0 Å². The Balaban J connectivity index is 2.23. The van der Waals surface area contributed by atoms with E-state index < -0.39 is 16.0 Å². The monoisotopic (exact) mass is 425 g/mol. The van der Waals surface area contributed by atoms with Crippen molar-refractivity contribution in [2.75, 3.05) is 6.61 Å². The highest BCUT2D eigenvalue weighted by Crippen LogP contribution is 2.20. The minimum atomic E-state index is -3.73. The molecule has 0 spiro atoms. The summed E-state index contributed by atoms with van der Waals surface area (Å²) in [4.78, 5) is 11.1. The SMILES string of the molecule is CC1CC(NS(=O)(=O)c2ccc(I)c(C(=O)O)c2)CCO1. The van der Waals surface area contributed by atoms with Gasteiger partial charge >= 0.3 is 5.97 Å². The number of aromatic carboxylic acids is 1. The molecule has 6 nitrogen and oxygen atoms in total. The van der Waals surface area contributed by atoms with Gasteiger partial charge in [0.15, 0.2) is 0 Å². The quantitative estimate of drug-likeness (QED) is 0.719. The lowest BCUT2D eigenvalue weighted by molar-refractivity contribution is 0.0173. The summed E-state index contributed by atoms with van der Waals surface area (Å²) in [6.45, 7) is 2.41. The molecule has 1 aliphatic rings. The Morgan fingerprint density at radius 3 is 2.81 bits per heavy atom. The van der Waals surface area contributed by atoms with Crippen molar-refractivity contribution < 1.29 is 23.1 Å². The van der Waals surface area contributed by atoms with Gasteiger partial charge in [-0.1, -0.05) is 0 Å². The van der Waals surface area contributed by atoms with Crippen molar-refractivity contribution >= 4 is 38.6 Å². The summed E-state index contributed by atoms with van der Waals surface area (Å²) in [5.41, 5.74) is -0.0150. The van der Waals surface area contributed by atoms with Crippen LogP contribution in [0, 0.1) is 3.57 Å². The van der Waals surface area contributed by atoms with Crippen LogP contribution in [0.1, 0.15) is 30.1 Å². The van der Waals surface area contributed by atoms with Crippen molar-refractivity contribution in [3.05, 3.63) is 27.3 Å². The van der Waals surface area contributed by atoms with E-state index in [1.54, 1.807) is 0 Å². The van der Waals surface area contributed by atoms with E-state index in [4.69, 9.17) is 9.84 Å². The fourth-order valence-electron chi connectivity index (χ4n) is 2.23. The lowest BCUT2D eigenvalue weighted by Crippen LogP contribution is -2.41. The maximum Gasteiger partial charge on any atom is 0.336 e. The molecule has 0 amide bonds. The van der Waals surface area contributed by atoms with Gasteiger partial charge in [-0.2, -0.15) is 0 Å². The van der Waals surface area contributed by atoms with Gasteiger partial charge in [0.2, 0.25) is 10.0 Å². The van der Waals surface area contributed by atoms with Gasteiger partial charge < -0.3 is 9.84 Å². The zero-order valence-corrected chi connectivity index (χ0v) is 14.3. The van der Waals surface area contributed by atoms with Crippen LogP contribution < -0.4 is 4.72 Å². The number of hydrogen-bond acceptors (Lipinski definition) is 4. The number of rotatable bonds is 4. The molecule has 116 valence electrons. The van der Waals surface area contributed by atoms with E-state index in [9.17, 15) is 13.2 Å². The topological polar surface area (TPSA) is 92.7 Å². The van der Waals surface area contributed by atoms with Crippen LogP contribution in [0.25, 0.3) is 0 Å². The van der Waals surface area contributed by atoms with Gasteiger partial charge in [0, 0.05) is 16.2 Å². The van der Waals surface area contributed by atoms with Gasteiger partial charge in [0.05, 0.1) is 16.6 Å². The molecule has 21 heavy (non-hydrogen) atoms. The van der Waals surface area contributed by atoms with Crippen LogP contribution in [0.15, 0.2) is 23.1 Å². The first kappa shape index (κ1) is 16.7. The Morgan fingerprint density at radius 2 is 2.19 bits per heavy atom. The molecular formula is C13H16INO5S. The van der Waals surface area contributed by atoms with Crippen LogP contribution in [0.2, 0.25) is 0 Å². The summed E-state index contributed by atoms with van der Waals surface area (Å²) >= 11 is 1.87. The fourth-order valence-corrected chi connectivity index (χ4v) is 4.10. The van der Waals surface area contributed by atoms with Gasteiger partial charge in [-0.15, -0.1) is 0 Å². The number of ether oxygens (including phenoxy) is 1. The van der Waals surface area contributed by atoms with Crippen LogP contribution in [0.5, 0.6) is 0 Å². The van der Waals surface area contributed by atoms with Gasteiger partial charge in [0.1, 0.15) is 0 Å². The number of nitrogens with one attached hydrogen (secondary N) is 1. The maximum atomic E-state index is 12.3. The molecule has 0 bridgehead atoms. The van der Waals surface area contributed by atoms with Crippen LogP contribution in [0.4, 0.5) is 0 Å². The van der Waals surface area contributed by atoms with Gasteiger partial charge in [-0.3, -0.25) is 0 Å². The van der Waals surface area contributed by atoms with E-state index in [1.165, 1.54) is 18.2 Å². The Hall–Kier alpha value is -0.710. The van der Waals surface area contributed by atoms with Gasteiger partial charge in [-0.05, 0) is 60.6 Å². The molecule has 1 fully saturated rings. The van der Waals surface area contributed by atoms with Crippen LogP contribution in [-0.2, 0) is 14.8 Å². The summed E-state index contributed by atoms with van der Waals surface area (Å²) in [6.07, 6.45) is 1.23. The number of sulfonamides is 1. The number of halogens is 1. The van der Waals surface area contributed by atoms with Crippen LogP contribution in [0.3, 0.4) is 0 Å². The molecule has 2 atom stereocenters. The van der Waals surface area contributed by atoms with E-state index in [0.29, 0.717) is 23.0 Å². The highest BCUT2D eigenvalue weighted by molar-refractivity contribution is 14.1. The fraction of sp³-hybridized carbons (Fsp3) is 0.462. The zero-order chi connectivity index (χ0) is 15.6. The molecule has 2 N–H and O–H groups in total. The first-order valence-electron chi connectivity index (χ1n) is 6.46. The smallest absolute Gasteiger partial charge is 0.336 e. The Labute approximate surface area is 137 Å². The second-order valence-electron chi connectivity index (χ2n) is 4.97. The predicted octanol–water partition coefficient (Wildman–Crippen LogP) is 1.84. The first-order valence-corrected chi connectivity index (χ1v) is 9.02. The third-order valence-corrected chi connectivity index (χ3v) is 5.74. The second kappa shape index (κ2) is 6.59. The standard InChI is InChI=1S/C13H16INO5S/c1-8-6-9(4-5-20-8)15-21(18,19)10-2-3-12(14)11(7-10)13(16)17/h2-3,7-9,15H,4-6H2,1H3,(H,16,17). The Kier molecular flexibility index (Phi) is 5.23. The first-order chi connectivity index (χ1) is 9.79. The van der Waals surface area contributed by atoms with E-state index in [0.717, 1.165) is 0 Å². The van der Waals surface area contributed by atoms with E-state index >= 15 is 0 Å². The molecule has 1 saturated heterocycles. The average molecular weight is 425 g/mol. The highest BCUT2D eigenvalue weighted by atomic mass is 127. The summed E-state index contributed by atoms with van der Waals surface area (Å²) < 4.78 is 33.2. The molecule has 2 rings (SSSR count). The van der Waals surface area contributed by atoms with E-state index in [-0.39, 0.29) is 22.6 Å². The number of hydrogen-bond donors (Lipinski definition) is 2. The molecular weight excluding hydrogens is 409 g/mol. The van der Waals surface area contributed by atoms with E-state index in [1.807, 2.05) is 29.5 Å². The van der Waals surface area contributed by atoms with Crippen LogP contribution >= 0.6 is 22.6 Å². The molecule has 2 unspecified atom stereocenters. The average Bonchev–Trinajstić information content (AvgIpc) is 2.38. The molecule has 0 aromatic heterocycles. The highest BCUT2D eigenvalue weighted by Gasteiger charge is 2.26. The van der Waals surface area contributed by atoms with Crippen molar-refractivity contribution in [2.45, 2.75) is 36.8 Å². The molecule has 1 aliphatic heterocycles. The molecule has 0 saturated carbocycles. The molecule has 1 aromatic rings. The summed E-state index contributed by atoms with van der Waals surface area (Å²) in [5.74, 6) is -1.14. The summed E-state index contributed by atoms with van der Waals surface area (Å²) in [5, 5.41) is 9.08. The lowest BCUT2D eigenvalue weighted by atomic mass is 10.1. The number of carbonyl (C=O) groups is 1. The Morgan fingerprint density at radius 1 is 1.48 bits per heavy atom. The van der Waals surface area contributed by atoms with Crippen molar-refractivity contribution in [2.24, 2.45) is 0 Å². The molecule has 1 heterocycles. The van der Waals surface area contributed by atoms with E-state index in [2.05, 4.69) is 4.72 Å². The van der Waals surface area contributed by atoms with Gasteiger partial charge in [-0.25, -0.2) is 17.9 Å². The van der Waals surface area contributed by atoms with Gasteiger partial charge in [0.25, 0.3) is 0 Å². The lowest BCUT2D eigenvalue weighted by Gasteiger charge is -2.27. The molecule has 0 radical (unpaired) electrons. The maximum absolute atomic E-state index is 12.3. The zero-order valence-electron chi connectivity index (χ0n) is 11.4. The third-order valence-electron chi connectivity index (χ3n) is 3.29. The minimum Gasteiger partial charge on any atom is -0.478 e. The summed E-state index contributed by atoms with van der Waals surface area (Å²) in [7, 11) is -3.73. The largest absolute Gasteiger partial charge is 0.478 e. The molecule has 0 aliphatic carbocycles. The Bertz CT molecular complexity index is 646. The second-order valence-corrected chi connectivity index (χ2v) is 7.85. The normalized spacial score (nSPS) is 23.0. The summed E-state index contributed by atoms with van der Waals surface area (Å²) in [6, 6.07) is 3.91. The van der Waals surface area contributed by atoms with Crippen molar-refractivity contribution in [1.29, 1.82) is 0 Å². The third kappa shape index (κ3) is 4.15. The predicted molar refractivity (Wildman–Crippen MR) is 84.9 cm³/mol. The molecule has 8 heteroatoms. The van der Waals surface area contributed by atoms with Crippen LogP contribution in [-0.4, -0.2) is 38.2 Å². The van der Waals surface area contributed by atoms with Crippen molar-refractivity contribution in [1.82, 2.24) is 4.72 Å².